The van der Waals surface area contributed by atoms with Crippen molar-refractivity contribution in [3.8, 4) is 6.07 Å². The van der Waals surface area contributed by atoms with Crippen molar-refractivity contribution in [1.29, 1.82) is 5.26 Å². The lowest BCUT2D eigenvalue weighted by molar-refractivity contribution is -0.121. The Bertz CT molecular complexity index is 753. The number of rotatable bonds is 5. The quantitative estimate of drug-likeness (QED) is 0.920. The molecule has 0 aliphatic rings. The zero-order valence-electron chi connectivity index (χ0n) is 12.5. The molecule has 0 fully saturated rings. The van der Waals surface area contributed by atoms with Crippen molar-refractivity contribution in [2.75, 3.05) is 0 Å². The minimum absolute atomic E-state index is 0.0366. The Labute approximate surface area is 132 Å². The molecule has 1 atom stereocenters. The fraction of sp³-hybridized carbons (Fsp3) is 0.312. The Morgan fingerprint density at radius 1 is 1.41 bits per heavy atom. The maximum atomic E-state index is 12.0. The average molecular weight is 315 g/mol. The summed E-state index contributed by atoms with van der Waals surface area (Å²) in [6.07, 6.45) is 0.262. The smallest absolute Gasteiger partial charge is 0.307 e. The van der Waals surface area contributed by atoms with E-state index in [1.54, 1.807) is 22.1 Å². The van der Waals surface area contributed by atoms with E-state index < -0.39 is 0 Å². The largest absolute Gasteiger partial charge is 0.350 e. The molecule has 0 aliphatic heterocycles. The van der Waals surface area contributed by atoms with Crippen LogP contribution in [0.3, 0.4) is 0 Å². The number of nitriles is 1. The van der Waals surface area contributed by atoms with Gasteiger partial charge in [-0.25, -0.2) is 0 Å². The van der Waals surface area contributed by atoms with E-state index in [9.17, 15) is 9.59 Å². The molecule has 1 aromatic carbocycles. The SMILES string of the molecule is Cc1csc(=O)n1CCC(=O)N[C@@H](C)c1ccc(C#N)cc1. The topological polar surface area (TPSA) is 74.9 Å². The molecule has 1 N–H and O–H groups in total. The number of nitrogens with zero attached hydrogens (tertiary/aromatic N) is 2. The second-order valence-electron chi connectivity index (χ2n) is 5.07. The van der Waals surface area contributed by atoms with Gasteiger partial charge in [0.05, 0.1) is 17.7 Å². The van der Waals surface area contributed by atoms with Crippen molar-refractivity contribution in [3.05, 3.63) is 56.1 Å². The van der Waals surface area contributed by atoms with Crippen LogP contribution in [0.25, 0.3) is 0 Å². The Balaban J connectivity index is 1.91. The highest BCUT2D eigenvalue weighted by Crippen LogP contribution is 2.13. The van der Waals surface area contributed by atoms with Gasteiger partial charge in [-0.2, -0.15) is 5.26 Å². The maximum absolute atomic E-state index is 12.0. The Morgan fingerprint density at radius 2 is 2.09 bits per heavy atom. The number of aromatic nitrogens is 1. The maximum Gasteiger partial charge on any atom is 0.307 e. The molecule has 0 saturated heterocycles. The molecular formula is C16H17N3O2S. The van der Waals surface area contributed by atoms with Crippen LogP contribution in [-0.2, 0) is 11.3 Å². The van der Waals surface area contributed by atoms with Gasteiger partial charge in [0.2, 0.25) is 5.91 Å². The highest BCUT2D eigenvalue weighted by atomic mass is 32.1. The van der Waals surface area contributed by atoms with Gasteiger partial charge in [0, 0.05) is 24.0 Å². The molecule has 2 rings (SSSR count). The van der Waals surface area contributed by atoms with Crippen LogP contribution in [-0.4, -0.2) is 10.5 Å². The van der Waals surface area contributed by atoms with Crippen molar-refractivity contribution >= 4 is 17.2 Å². The van der Waals surface area contributed by atoms with Crippen LogP contribution in [0.1, 0.15) is 36.2 Å². The predicted molar refractivity (Wildman–Crippen MR) is 85.6 cm³/mol. The second-order valence-corrected chi connectivity index (χ2v) is 5.89. The number of hydrogen-bond acceptors (Lipinski definition) is 4. The summed E-state index contributed by atoms with van der Waals surface area (Å²) < 4.78 is 1.61. The fourth-order valence-electron chi connectivity index (χ4n) is 2.13. The second kappa shape index (κ2) is 7.05. The average Bonchev–Trinajstić information content (AvgIpc) is 2.84. The number of nitrogens with one attached hydrogen (secondary N) is 1. The van der Waals surface area contributed by atoms with Crippen LogP contribution in [0.2, 0.25) is 0 Å². The standard InChI is InChI=1S/C16H17N3O2S/c1-11-10-22-16(21)19(11)8-7-15(20)18-12(2)14-5-3-13(9-17)4-6-14/h3-6,10,12H,7-8H2,1-2H3,(H,18,20)/t12-/m0/s1. The zero-order chi connectivity index (χ0) is 16.1. The minimum atomic E-state index is -0.138. The van der Waals surface area contributed by atoms with E-state index in [-0.39, 0.29) is 23.2 Å². The van der Waals surface area contributed by atoms with Gasteiger partial charge >= 0.3 is 4.87 Å². The molecule has 1 amide bonds. The molecule has 1 heterocycles. The monoisotopic (exact) mass is 315 g/mol. The number of hydrogen-bond donors (Lipinski definition) is 1. The Hall–Kier alpha value is -2.39. The summed E-state index contributed by atoms with van der Waals surface area (Å²) in [6, 6.07) is 9.04. The van der Waals surface area contributed by atoms with E-state index in [4.69, 9.17) is 5.26 Å². The predicted octanol–water partition coefficient (Wildman–Crippen LogP) is 2.36. The Kier molecular flexibility index (Phi) is 5.12. The Morgan fingerprint density at radius 3 is 2.64 bits per heavy atom. The van der Waals surface area contributed by atoms with Crippen molar-refractivity contribution in [1.82, 2.24) is 9.88 Å². The lowest BCUT2D eigenvalue weighted by atomic mass is 10.1. The molecular weight excluding hydrogens is 298 g/mol. The van der Waals surface area contributed by atoms with Gasteiger partial charge in [0.25, 0.3) is 0 Å². The van der Waals surface area contributed by atoms with Crippen LogP contribution in [0, 0.1) is 18.3 Å². The van der Waals surface area contributed by atoms with E-state index in [1.165, 1.54) is 0 Å². The highest BCUT2D eigenvalue weighted by Gasteiger charge is 2.11. The summed E-state index contributed by atoms with van der Waals surface area (Å²) in [5.41, 5.74) is 2.41. The van der Waals surface area contributed by atoms with Crippen LogP contribution >= 0.6 is 11.3 Å². The van der Waals surface area contributed by atoms with E-state index >= 15 is 0 Å². The molecule has 6 heteroatoms. The third kappa shape index (κ3) is 3.83. The molecule has 0 unspecified atom stereocenters. The van der Waals surface area contributed by atoms with Gasteiger partial charge < -0.3 is 9.88 Å². The van der Waals surface area contributed by atoms with Gasteiger partial charge in [0.15, 0.2) is 0 Å². The number of carbonyl (C=O) groups is 1. The van der Waals surface area contributed by atoms with E-state index in [2.05, 4.69) is 11.4 Å². The first kappa shape index (κ1) is 16.0. The third-order valence-electron chi connectivity index (χ3n) is 3.46. The van der Waals surface area contributed by atoms with Gasteiger partial charge in [-0.05, 0) is 31.5 Å². The first-order chi connectivity index (χ1) is 10.5. The van der Waals surface area contributed by atoms with Crippen LogP contribution in [0.4, 0.5) is 0 Å². The van der Waals surface area contributed by atoms with E-state index in [1.807, 2.05) is 26.0 Å². The summed E-state index contributed by atoms with van der Waals surface area (Å²) in [5.74, 6) is -0.102. The fourth-order valence-corrected chi connectivity index (χ4v) is 2.89. The van der Waals surface area contributed by atoms with Gasteiger partial charge in [-0.3, -0.25) is 9.59 Å². The normalized spacial score (nSPS) is 11.7. The van der Waals surface area contributed by atoms with Gasteiger partial charge in [-0.15, -0.1) is 0 Å². The summed E-state index contributed by atoms with van der Waals surface area (Å²) in [5, 5.41) is 13.5. The number of thiazole rings is 1. The molecule has 0 bridgehead atoms. The summed E-state index contributed by atoms with van der Waals surface area (Å²) in [4.78, 5) is 23.5. The molecule has 0 spiro atoms. The molecule has 1 aromatic heterocycles. The zero-order valence-corrected chi connectivity index (χ0v) is 13.3. The number of benzene rings is 1. The van der Waals surface area contributed by atoms with Crippen molar-refractivity contribution in [3.63, 3.8) is 0 Å². The summed E-state index contributed by atoms with van der Waals surface area (Å²) in [6.45, 7) is 4.14. The van der Waals surface area contributed by atoms with Crippen LogP contribution < -0.4 is 10.2 Å². The molecule has 0 saturated carbocycles. The van der Waals surface area contributed by atoms with Gasteiger partial charge in [0.1, 0.15) is 0 Å². The molecule has 0 radical (unpaired) electrons. The highest BCUT2D eigenvalue weighted by molar-refractivity contribution is 7.07. The van der Waals surface area contributed by atoms with Gasteiger partial charge in [-0.1, -0.05) is 23.5 Å². The van der Waals surface area contributed by atoms with E-state index in [0.717, 1.165) is 22.6 Å². The number of carbonyl (C=O) groups excluding carboxylic acids is 1. The molecule has 5 nitrogen and oxygen atoms in total. The van der Waals surface area contributed by atoms with Crippen molar-refractivity contribution in [2.45, 2.75) is 32.9 Å². The molecule has 0 aliphatic carbocycles. The third-order valence-corrected chi connectivity index (χ3v) is 4.34. The minimum Gasteiger partial charge on any atom is -0.350 e. The number of aryl methyl sites for hydroxylation is 1. The van der Waals surface area contributed by atoms with Crippen LogP contribution in [0.15, 0.2) is 34.4 Å². The lowest BCUT2D eigenvalue weighted by Crippen LogP contribution is -2.28. The molecule has 22 heavy (non-hydrogen) atoms. The summed E-state index contributed by atoms with van der Waals surface area (Å²) >= 11 is 1.15. The summed E-state index contributed by atoms with van der Waals surface area (Å²) in [7, 11) is 0. The lowest BCUT2D eigenvalue weighted by Gasteiger charge is -2.14. The molecule has 114 valence electrons. The van der Waals surface area contributed by atoms with Crippen molar-refractivity contribution in [2.24, 2.45) is 0 Å². The van der Waals surface area contributed by atoms with Crippen LogP contribution in [0.5, 0.6) is 0 Å². The molecule has 2 aromatic rings. The van der Waals surface area contributed by atoms with E-state index in [0.29, 0.717) is 12.1 Å². The number of amides is 1. The first-order valence-corrected chi connectivity index (χ1v) is 7.83. The van der Waals surface area contributed by atoms with Crippen molar-refractivity contribution < 1.29 is 4.79 Å². The first-order valence-electron chi connectivity index (χ1n) is 6.95.